The van der Waals surface area contributed by atoms with Gasteiger partial charge in [0, 0.05) is 30.9 Å². The van der Waals surface area contributed by atoms with Crippen LogP contribution < -0.4 is 0 Å². The zero-order valence-corrected chi connectivity index (χ0v) is 18.8. The Labute approximate surface area is 196 Å². The summed E-state index contributed by atoms with van der Waals surface area (Å²) in [5.74, 6) is -0.894. The summed E-state index contributed by atoms with van der Waals surface area (Å²) < 4.78 is 12.7. The molecule has 1 aliphatic rings. The molecule has 2 aromatic carbocycles. The molecule has 3 heterocycles. The molecule has 0 spiro atoms. The van der Waals surface area contributed by atoms with Crippen molar-refractivity contribution in [3.05, 3.63) is 84.3 Å². The van der Waals surface area contributed by atoms with Crippen molar-refractivity contribution in [2.75, 3.05) is 13.2 Å². The molecule has 1 aliphatic heterocycles. The van der Waals surface area contributed by atoms with Gasteiger partial charge in [-0.3, -0.25) is 14.4 Å². The lowest BCUT2D eigenvalue weighted by Gasteiger charge is -2.14. The Bertz CT molecular complexity index is 1350. The molecule has 172 valence electrons. The van der Waals surface area contributed by atoms with Crippen molar-refractivity contribution in [2.24, 2.45) is 13.0 Å². The molecule has 0 saturated carbocycles. The number of ether oxygens (including phenoxy) is 1. The molecule has 2 aromatic heterocycles. The van der Waals surface area contributed by atoms with E-state index >= 15 is 0 Å². The minimum Gasteiger partial charge on any atom is -0.467 e. The Morgan fingerprint density at radius 2 is 1.79 bits per heavy atom. The highest BCUT2D eigenvalue weighted by atomic mass is 16.5. The average molecular weight is 456 g/mol. The fourth-order valence-corrected chi connectivity index (χ4v) is 4.61. The monoisotopic (exact) mass is 456 g/mol. The van der Waals surface area contributed by atoms with Crippen LogP contribution in [-0.2, 0) is 27.9 Å². The first kappa shape index (κ1) is 21.7. The molecule has 4 aromatic rings. The summed E-state index contributed by atoms with van der Waals surface area (Å²) >= 11 is 0. The minimum absolute atomic E-state index is 0.0667. The summed E-state index contributed by atoms with van der Waals surface area (Å²) in [6.07, 6.45) is 1.61. The summed E-state index contributed by atoms with van der Waals surface area (Å²) in [6.45, 7) is 0.177. The molecule has 0 radical (unpaired) electrons. The summed E-state index contributed by atoms with van der Waals surface area (Å²) in [5, 5.41) is 0.811. The van der Waals surface area contributed by atoms with E-state index in [9.17, 15) is 14.4 Å². The number of likely N-dealkylation sites (tertiary alicyclic amines) is 1. The van der Waals surface area contributed by atoms with Gasteiger partial charge < -0.3 is 18.6 Å². The lowest BCUT2D eigenvalue weighted by Crippen LogP contribution is -2.27. The van der Waals surface area contributed by atoms with E-state index in [2.05, 4.69) is 0 Å². The fourth-order valence-electron chi connectivity index (χ4n) is 4.61. The van der Waals surface area contributed by atoms with Gasteiger partial charge in [-0.2, -0.15) is 0 Å². The van der Waals surface area contributed by atoms with E-state index in [1.807, 2.05) is 66.2 Å². The maximum absolute atomic E-state index is 13.3. The van der Waals surface area contributed by atoms with E-state index in [1.165, 1.54) is 0 Å². The van der Waals surface area contributed by atoms with Crippen molar-refractivity contribution in [2.45, 2.75) is 13.0 Å². The third-order valence-corrected chi connectivity index (χ3v) is 6.25. The topological polar surface area (TPSA) is 81.8 Å². The van der Waals surface area contributed by atoms with Gasteiger partial charge in [-0.1, -0.05) is 48.5 Å². The van der Waals surface area contributed by atoms with Crippen LogP contribution in [0, 0.1) is 5.92 Å². The van der Waals surface area contributed by atoms with Crippen LogP contribution in [-0.4, -0.2) is 40.3 Å². The largest absolute Gasteiger partial charge is 0.467 e. The van der Waals surface area contributed by atoms with Crippen molar-refractivity contribution in [1.82, 2.24) is 9.47 Å². The van der Waals surface area contributed by atoms with Gasteiger partial charge in [0.2, 0.25) is 11.7 Å². The molecule has 1 amide bonds. The third-order valence-electron chi connectivity index (χ3n) is 6.25. The number of nitrogens with zero attached hydrogens (tertiary/aromatic N) is 2. The second-order valence-corrected chi connectivity index (χ2v) is 8.45. The van der Waals surface area contributed by atoms with E-state index in [-0.39, 0.29) is 31.3 Å². The van der Waals surface area contributed by atoms with Crippen LogP contribution in [0.3, 0.4) is 0 Å². The zero-order chi connectivity index (χ0) is 23.7. The second-order valence-electron chi connectivity index (χ2n) is 8.45. The van der Waals surface area contributed by atoms with Crippen molar-refractivity contribution in [1.29, 1.82) is 0 Å². The van der Waals surface area contributed by atoms with Gasteiger partial charge in [0.1, 0.15) is 5.76 Å². The van der Waals surface area contributed by atoms with Gasteiger partial charge in [0.05, 0.1) is 30.0 Å². The first-order valence-corrected chi connectivity index (χ1v) is 11.2. The van der Waals surface area contributed by atoms with E-state index in [4.69, 9.17) is 9.15 Å². The first-order valence-electron chi connectivity index (χ1n) is 11.2. The second kappa shape index (κ2) is 9.02. The molecule has 1 fully saturated rings. The Morgan fingerprint density at radius 1 is 1.03 bits per heavy atom. The zero-order valence-electron chi connectivity index (χ0n) is 18.8. The van der Waals surface area contributed by atoms with Crippen LogP contribution in [0.5, 0.6) is 0 Å². The van der Waals surface area contributed by atoms with Gasteiger partial charge in [-0.25, -0.2) is 0 Å². The maximum Gasteiger partial charge on any atom is 0.311 e. The molecule has 1 unspecified atom stereocenters. The van der Waals surface area contributed by atoms with Crippen LogP contribution in [0.25, 0.3) is 22.2 Å². The van der Waals surface area contributed by atoms with Crippen molar-refractivity contribution < 1.29 is 23.5 Å². The van der Waals surface area contributed by atoms with Crippen LogP contribution in [0.4, 0.5) is 0 Å². The molecule has 34 heavy (non-hydrogen) atoms. The Kier molecular flexibility index (Phi) is 5.76. The lowest BCUT2D eigenvalue weighted by atomic mass is 10.0. The Balaban J connectivity index is 1.33. The number of furan rings is 1. The molecular weight excluding hydrogens is 432 g/mol. The number of hydrogen-bond donors (Lipinski definition) is 0. The van der Waals surface area contributed by atoms with Gasteiger partial charge >= 0.3 is 5.97 Å². The highest BCUT2D eigenvalue weighted by molar-refractivity contribution is 6.14. The normalized spacial score (nSPS) is 15.7. The van der Waals surface area contributed by atoms with Crippen LogP contribution >= 0.6 is 0 Å². The molecule has 0 bridgehead atoms. The number of amides is 1. The number of aryl methyl sites for hydroxylation is 1. The number of benzene rings is 2. The van der Waals surface area contributed by atoms with E-state index in [0.717, 1.165) is 22.2 Å². The van der Waals surface area contributed by atoms with Gasteiger partial charge in [0.25, 0.3) is 0 Å². The molecule has 1 atom stereocenters. The number of fused-ring (bicyclic) bond motifs is 1. The molecule has 7 heteroatoms. The molecular formula is C27H24N2O5. The van der Waals surface area contributed by atoms with E-state index in [0.29, 0.717) is 17.9 Å². The lowest BCUT2D eigenvalue weighted by molar-refractivity contribution is -0.147. The molecule has 0 N–H and O–H groups in total. The predicted octanol–water partition coefficient (Wildman–Crippen LogP) is 4.21. The first-order chi connectivity index (χ1) is 16.5. The fraction of sp³-hybridized carbons (Fsp3) is 0.222. The number of esters is 1. The minimum atomic E-state index is -0.601. The van der Waals surface area contributed by atoms with Gasteiger partial charge in [-0.05, 0) is 23.8 Å². The quantitative estimate of drug-likeness (QED) is 0.307. The molecule has 5 rings (SSSR count). The van der Waals surface area contributed by atoms with E-state index in [1.54, 1.807) is 23.3 Å². The van der Waals surface area contributed by atoms with Gasteiger partial charge in [0.15, 0.2) is 6.61 Å². The number of carbonyl (C=O) groups is 3. The van der Waals surface area contributed by atoms with Crippen molar-refractivity contribution in [3.8, 4) is 11.3 Å². The summed E-state index contributed by atoms with van der Waals surface area (Å²) in [5.41, 5.74) is 3.14. The van der Waals surface area contributed by atoms with Crippen LogP contribution in [0.1, 0.15) is 22.5 Å². The van der Waals surface area contributed by atoms with Crippen LogP contribution in [0.15, 0.2) is 77.4 Å². The summed E-state index contributed by atoms with van der Waals surface area (Å²) in [6, 6.07) is 20.9. The Morgan fingerprint density at radius 3 is 2.56 bits per heavy atom. The molecule has 1 saturated heterocycles. The van der Waals surface area contributed by atoms with Crippen molar-refractivity contribution in [3.63, 3.8) is 0 Å². The average Bonchev–Trinajstić information content (AvgIpc) is 3.57. The predicted molar refractivity (Wildman–Crippen MR) is 126 cm³/mol. The number of ketones is 1. The number of rotatable bonds is 7. The molecule has 0 aliphatic carbocycles. The summed E-state index contributed by atoms with van der Waals surface area (Å²) in [7, 11) is 1.92. The maximum atomic E-state index is 13.3. The summed E-state index contributed by atoms with van der Waals surface area (Å²) in [4.78, 5) is 40.0. The number of carbonyl (C=O) groups excluding carboxylic acids is 3. The Hall–Kier alpha value is -4.13. The standard InChI is InChI=1S/C27H24N2O5/c1-28-22-12-6-5-11-21(22)25(26(28)18-8-3-2-4-9-18)23(30)17-34-27(32)19-14-24(31)29(15-19)16-20-10-7-13-33-20/h2-13,19H,14-17H2,1H3. The smallest absolute Gasteiger partial charge is 0.311 e. The third kappa shape index (κ3) is 4.01. The van der Waals surface area contributed by atoms with Crippen molar-refractivity contribution >= 4 is 28.6 Å². The van der Waals surface area contributed by atoms with E-state index < -0.39 is 11.9 Å². The SMILES string of the molecule is Cn1c(-c2ccccc2)c(C(=O)COC(=O)C2CC(=O)N(Cc3ccco3)C2)c2ccccc21. The van der Waals surface area contributed by atoms with Gasteiger partial charge in [-0.15, -0.1) is 0 Å². The highest BCUT2D eigenvalue weighted by Crippen LogP contribution is 2.33. The van der Waals surface area contributed by atoms with Crippen LogP contribution in [0.2, 0.25) is 0 Å². The molecule has 7 nitrogen and oxygen atoms in total. The number of para-hydroxylation sites is 1. The number of Topliss-reactive ketones (excluding diaryl/α,β-unsaturated/α-hetero) is 1. The highest BCUT2D eigenvalue weighted by Gasteiger charge is 2.36. The number of aromatic nitrogens is 1. The number of hydrogen-bond acceptors (Lipinski definition) is 5.